The van der Waals surface area contributed by atoms with Crippen LogP contribution in [-0.4, -0.2) is 21.2 Å². The standard InChI is InChI=1S/C17H16N4O2S/c1-11-4-5-12(21(22)23)9-16(11)20-17-14(6-7-18-17)15(19-20)10-13-3-2-8-24-13/h2-5,8-9,18H,6-7,10H2,1H3. The summed E-state index contributed by atoms with van der Waals surface area (Å²) in [6, 6.07) is 9.05. The number of nitrogens with zero attached hydrogens (tertiary/aromatic N) is 3. The Balaban J connectivity index is 1.82. The maximum atomic E-state index is 11.1. The molecule has 2 aromatic heterocycles. The number of aryl methyl sites for hydroxylation is 1. The fourth-order valence-corrected chi connectivity index (χ4v) is 3.79. The summed E-state index contributed by atoms with van der Waals surface area (Å²) in [5.74, 6) is 0.963. The molecule has 0 unspecified atom stereocenters. The van der Waals surface area contributed by atoms with Crippen molar-refractivity contribution in [1.29, 1.82) is 0 Å². The highest BCUT2D eigenvalue weighted by Crippen LogP contribution is 2.32. The van der Waals surface area contributed by atoms with E-state index in [2.05, 4.69) is 16.8 Å². The summed E-state index contributed by atoms with van der Waals surface area (Å²) < 4.78 is 1.83. The van der Waals surface area contributed by atoms with E-state index in [-0.39, 0.29) is 10.6 Å². The lowest BCUT2D eigenvalue weighted by atomic mass is 10.1. The van der Waals surface area contributed by atoms with E-state index >= 15 is 0 Å². The number of fused-ring (bicyclic) bond motifs is 1. The third kappa shape index (κ3) is 2.46. The van der Waals surface area contributed by atoms with Gasteiger partial charge in [0.15, 0.2) is 0 Å². The molecule has 24 heavy (non-hydrogen) atoms. The smallest absolute Gasteiger partial charge is 0.271 e. The van der Waals surface area contributed by atoms with Gasteiger partial charge < -0.3 is 5.32 Å². The van der Waals surface area contributed by atoms with E-state index in [0.717, 1.165) is 42.1 Å². The number of aromatic nitrogens is 2. The van der Waals surface area contributed by atoms with Crippen molar-refractivity contribution < 1.29 is 4.92 Å². The lowest BCUT2D eigenvalue weighted by Crippen LogP contribution is -2.07. The molecule has 0 spiro atoms. The molecule has 1 aromatic carbocycles. The molecule has 0 bridgehead atoms. The van der Waals surface area contributed by atoms with Crippen LogP contribution in [0.2, 0.25) is 0 Å². The van der Waals surface area contributed by atoms with Gasteiger partial charge in [0.2, 0.25) is 0 Å². The molecule has 0 saturated carbocycles. The van der Waals surface area contributed by atoms with Gasteiger partial charge in [0.1, 0.15) is 5.82 Å². The lowest BCUT2D eigenvalue weighted by molar-refractivity contribution is -0.384. The van der Waals surface area contributed by atoms with E-state index in [9.17, 15) is 10.1 Å². The van der Waals surface area contributed by atoms with Crippen LogP contribution in [0.3, 0.4) is 0 Å². The van der Waals surface area contributed by atoms with Gasteiger partial charge in [-0.15, -0.1) is 11.3 Å². The van der Waals surface area contributed by atoms with Crippen molar-refractivity contribution in [3.05, 3.63) is 67.5 Å². The van der Waals surface area contributed by atoms with E-state index in [1.807, 2.05) is 17.7 Å². The minimum absolute atomic E-state index is 0.0812. The maximum Gasteiger partial charge on any atom is 0.271 e. The molecular weight excluding hydrogens is 324 g/mol. The molecule has 0 aliphatic carbocycles. The number of non-ortho nitro benzene ring substituents is 1. The molecule has 0 radical (unpaired) electrons. The Bertz CT molecular complexity index is 915. The fraction of sp³-hybridized carbons (Fsp3) is 0.235. The number of rotatable bonds is 4. The monoisotopic (exact) mass is 340 g/mol. The molecule has 0 amide bonds. The molecule has 3 aromatic rings. The van der Waals surface area contributed by atoms with Crippen molar-refractivity contribution in [3.63, 3.8) is 0 Å². The molecule has 0 saturated heterocycles. The number of benzene rings is 1. The predicted molar refractivity (Wildman–Crippen MR) is 94.3 cm³/mol. The zero-order valence-corrected chi connectivity index (χ0v) is 14.0. The average molecular weight is 340 g/mol. The third-order valence-electron chi connectivity index (χ3n) is 4.29. The van der Waals surface area contributed by atoms with Crippen molar-refractivity contribution in [3.8, 4) is 5.69 Å². The Morgan fingerprint density at radius 3 is 3.04 bits per heavy atom. The molecular formula is C17H16N4O2S. The molecule has 6 nitrogen and oxygen atoms in total. The van der Waals surface area contributed by atoms with Crippen LogP contribution < -0.4 is 5.32 Å². The summed E-state index contributed by atoms with van der Waals surface area (Å²) in [5.41, 5.74) is 4.06. The number of nitro groups is 1. The number of nitro benzene ring substituents is 1. The Labute approximate surface area is 142 Å². The second-order valence-electron chi connectivity index (χ2n) is 5.85. The minimum atomic E-state index is -0.368. The Morgan fingerprint density at radius 1 is 1.42 bits per heavy atom. The summed E-state index contributed by atoms with van der Waals surface area (Å²) in [6.07, 6.45) is 1.73. The summed E-state index contributed by atoms with van der Waals surface area (Å²) in [6.45, 7) is 2.82. The van der Waals surface area contributed by atoms with Gasteiger partial charge in [-0.2, -0.15) is 5.10 Å². The van der Waals surface area contributed by atoms with Gasteiger partial charge in [0.05, 0.1) is 16.3 Å². The van der Waals surface area contributed by atoms with Crippen LogP contribution >= 0.6 is 11.3 Å². The van der Waals surface area contributed by atoms with Crippen molar-refractivity contribution in [2.24, 2.45) is 0 Å². The number of hydrogen-bond acceptors (Lipinski definition) is 5. The van der Waals surface area contributed by atoms with E-state index < -0.39 is 0 Å². The van der Waals surface area contributed by atoms with Crippen LogP contribution in [0, 0.1) is 17.0 Å². The third-order valence-corrected chi connectivity index (χ3v) is 5.16. The van der Waals surface area contributed by atoms with Gasteiger partial charge in [0, 0.05) is 35.5 Å². The van der Waals surface area contributed by atoms with Crippen molar-refractivity contribution in [2.45, 2.75) is 19.8 Å². The molecule has 1 aliphatic rings. The lowest BCUT2D eigenvalue weighted by Gasteiger charge is -2.09. The van der Waals surface area contributed by atoms with Crippen LogP contribution in [-0.2, 0) is 12.8 Å². The average Bonchev–Trinajstić information content (AvgIpc) is 3.27. The highest BCUT2D eigenvalue weighted by molar-refractivity contribution is 7.09. The van der Waals surface area contributed by atoms with Crippen LogP contribution in [0.15, 0.2) is 35.7 Å². The van der Waals surface area contributed by atoms with Crippen LogP contribution in [0.1, 0.15) is 21.7 Å². The second-order valence-corrected chi connectivity index (χ2v) is 6.88. The first-order chi connectivity index (χ1) is 11.6. The predicted octanol–water partition coefficient (Wildman–Crippen LogP) is 3.71. The van der Waals surface area contributed by atoms with Gasteiger partial charge in [0.25, 0.3) is 5.69 Å². The van der Waals surface area contributed by atoms with Gasteiger partial charge >= 0.3 is 0 Å². The summed E-state index contributed by atoms with van der Waals surface area (Å²) >= 11 is 1.72. The summed E-state index contributed by atoms with van der Waals surface area (Å²) in [5, 5.41) is 21.3. The number of hydrogen-bond donors (Lipinski definition) is 1. The molecule has 7 heteroatoms. The molecule has 1 aliphatic heterocycles. The van der Waals surface area contributed by atoms with Gasteiger partial charge in [-0.25, -0.2) is 4.68 Å². The Kier molecular flexibility index (Phi) is 3.57. The van der Waals surface area contributed by atoms with Crippen molar-refractivity contribution in [1.82, 2.24) is 9.78 Å². The molecule has 4 rings (SSSR count). The quantitative estimate of drug-likeness (QED) is 0.580. The van der Waals surface area contributed by atoms with E-state index in [4.69, 9.17) is 5.10 Å². The first-order valence-corrected chi connectivity index (χ1v) is 8.64. The number of thiophene rings is 1. The Morgan fingerprint density at radius 2 is 2.29 bits per heavy atom. The number of anilines is 1. The van der Waals surface area contributed by atoms with Gasteiger partial charge in [-0.05, 0) is 30.4 Å². The molecule has 0 atom stereocenters. The van der Waals surface area contributed by atoms with Crippen molar-refractivity contribution in [2.75, 3.05) is 11.9 Å². The molecule has 0 fully saturated rings. The zero-order chi connectivity index (χ0) is 16.7. The minimum Gasteiger partial charge on any atom is -0.369 e. The molecule has 1 N–H and O–H groups in total. The first-order valence-electron chi connectivity index (χ1n) is 7.76. The topological polar surface area (TPSA) is 73.0 Å². The van der Waals surface area contributed by atoms with E-state index in [1.165, 1.54) is 16.5 Å². The second kappa shape index (κ2) is 5.76. The van der Waals surface area contributed by atoms with Gasteiger partial charge in [-0.3, -0.25) is 10.1 Å². The largest absolute Gasteiger partial charge is 0.369 e. The highest BCUT2D eigenvalue weighted by Gasteiger charge is 2.24. The highest BCUT2D eigenvalue weighted by atomic mass is 32.1. The normalized spacial score (nSPS) is 12.9. The number of nitrogens with one attached hydrogen (secondary N) is 1. The van der Waals surface area contributed by atoms with E-state index in [0.29, 0.717) is 0 Å². The first kappa shape index (κ1) is 14.9. The van der Waals surface area contributed by atoms with Crippen LogP contribution in [0.4, 0.5) is 11.5 Å². The summed E-state index contributed by atoms with van der Waals surface area (Å²) in [7, 11) is 0. The van der Waals surface area contributed by atoms with Crippen LogP contribution in [0.25, 0.3) is 5.69 Å². The van der Waals surface area contributed by atoms with Crippen LogP contribution in [0.5, 0.6) is 0 Å². The fourth-order valence-electron chi connectivity index (χ4n) is 3.08. The maximum absolute atomic E-state index is 11.1. The summed E-state index contributed by atoms with van der Waals surface area (Å²) in [4.78, 5) is 12.0. The van der Waals surface area contributed by atoms with Gasteiger partial charge in [-0.1, -0.05) is 12.1 Å². The Hall–Kier alpha value is -2.67. The van der Waals surface area contributed by atoms with E-state index in [1.54, 1.807) is 23.5 Å². The zero-order valence-electron chi connectivity index (χ0n) is 13.2. The van der Waals surface area contributed by atoms with Crippen molar-refractivity contribution >= 4 is 22.8 Å². The molecule has 3 heterocycles. The molecule has 122 valence electrons. The SMILES string of the molecule is Cc1ccc([N+](=O)[O-])cc1-n1nc(Cc2cccs2)c2c1NCC2.